The summed E-state index contributed by atoms with van der Waals surface area (Å²) in [6.45, 7) is 5.16. The summed E-state index contributed by atoms with van der Waals surface area (Å²) in [4.78, 5) is 26.2. The van der Waals surface area contributed by atoms with E-state index in [1.54, 1.807) is 16.2 Å². The lowest BCUT2D eigenvalue weighted by atomic mass is 10.1. The second-order valence-corrected chi connectivity index (χ2v) is 5.25. The largest absolute Gasteiger partial charge is 0.338 e. The lowest BCUT2D eigenvalue weighted by molar-refractivity contribution is -0.120. The Morgan fingerprint density at radius 2 is 1.94 bits per heavy atom. The summed E-state index contributed by atoms with van der Waals surface area (Å²) in [5, 5.41) is 1.92. The van der Waals surface area contributed by atoms with Crippen molar-refractivity contribution in [2.75, 3.05) is 13.1 Å². The number of likely N-dealkylation sites (tertiary alicyclic amines) is 1. The molecule has 3 nitrogen and oxygen atoms in total. The quantitative estimate of drug-likeness (QED) is 0.750. The number of Topliss-reactive ketones (excluding diaryl/α,β-unsaturated/α-hetero) is 1. The van der Waals surface area contributed by atoms with Crippen LogP contribution in [-0.2, 0) is 4.79 Å². The third-order valence-corrected chi connectivity index (χ3v) is 4.14. The van der Waals surface area contributed by atoms with Crippen molar-refractivity contribution < 1.29 is 9.59 Å². The van der Waals surface area contributed by atoms with Crippen LogP contribution in [0.25, 0.3) is 0 Å². The summed E-state index contributed by atoms with van der Waals surface area (Å²) in [6.07, 6.45) is 1.02. The molecule has 0 unspecified atom stereocenters. The van der Waals surface area contributed by atoms with Gasteiger partial charge in [0.25, 0.3) is 5.91 Å². The second-order valence-electron chi connectivity index (χ2n) is 4.16. The molecule has 1 aromatic rings. The summed E-state index contributed by atoms with van der Waals surface area (Å²) >= 11 is 1.61. The summed E-state index contributed by atoms with van der Waals surface area (Å²) in [5.41, 5.74) is 1.88. The molecule has 1 aliphatic heterocycles. The third kappa shape index (κ3) is 2.02. The molecule has 1 amide bonds. The molecule has 1 aromatic heterocycles. The maximum Gasteiger partial charge on any atom is 0.255 e. The van der Waals surface area contributed by atoms with E-state index in [0.29, 0.717) is 25.9 Å². The fourth-order valence-electron chi connectivity index (χ4n) is 1.85. The Morgan fingerprint density at radius 1 is 1.31 bits per heavy atom. The molecule has 0 N–H and O–H groups in total. The molecule has 1 aliphatic rings. The van der Waals surface area contributed by atoms with Crippen molar-refractivity contribution in [3.63, 3.8) is 0 Å². The molecule has 0 radical (unpaired) electrons. The van der Waals surface area contributed by atoms with E-state index in [-0.39, 0.29) is 11.7 Å². The fourth-order valence-corrected chi connectivity index (χ4v) is 2.71. The molecule has 86 valence electrons. The number of carbonyl (C=O) groups excluding carboxylic acids is 2. The number of hydrogen-bond donors (Lipinski definition) is 0. The molecule has 0 bridgehead atoms. The summed E-state index contributed by atoms with van der Waals surface area (Å²) in [7, 11) is 0. The van der Waals surface area contributed by atoms with Gasteiger partial charge in [0.1, 0.15) is 5.78 Å². The molecule has 1 fully saturated rings. The number of nitrogens with zero attached hydrogens (tertiary/aromatic N) is 1. The highest BCUT2D eigenvalue weighted by atomic mass is 32.1. The SMILES string of the molecule is Cc1scc(C(=O)N2CCC(=O)CC2)c1C. The van der Waals surface area contributed by atoms with Crippen LogP contribution in [0.3, 0.4) is 0 Å². The van der Waals surface area contributed by atoms with Crippen LogP contribution < -0.4 is 0 Å². The van der Waals surface area contributed by atoms with Crippen LogP contribution in [0.2, 0.25) is 0 Å². The minimum absolute atomic E-state index is 0.0781. The van der Waals surface area contributed by atoms with Gasteiger partial charge in [-0.25, -0.2) is 0 Å². The van der Waals surface area contributed by atoms with Crippen molar-refractivity contribution in [3.05, 3.63) is 21.4 Å². The summed E-state index contributed by atoms with van der Waals surface area (Å²) in [6, 6.07) is 0. The first-order valence-electron chi connectivity index (χ1n) is 5.45. The van der Waals surface area contributed by atoms with Gasteiger partial charge in [-0.3, -0.25) is 9.59 Å². The van der Waals surface area contributed by atoms with Crippen molar-refractivity contribution in [1.82, 2.24) is 4.90 Å². The van der Waals surface area contributed by atoms with Gasteiger partial charge in [0.05, 0.1) is 5.56 Å². The number of ketones is 1. The Balaban J connectivity index is 2.13. The number of piperidine rings is 1. The van der Waals surface area contributed by atoms with Gasteiger partial charge < -0.3 is 4.90 Å². The first kappa shape index (κ1) is 11.3. The van der Waals surface area contributed by atoms with Gasteiger partial charge in [-0.1, -0.05) is 0 Å². The van der Waals surface area contributed by atoms with Crippen LogP contribution in [0.15, 0.2) is 5.38 Å². The minimum Gasteiger partial charge on any atom is -0.338 e. The number of thiophene rings is 1. The van der Waals surface area contributed by atoms with Gasteiger partial charge in [0.15, 0.2) is 0 Å². The van der Waals surface area contributed by atoms with Gasteiger partial charge in [0, 0.05) is 36.2 Å². The molecule has 1 saturated heterocycles. The Hall–Kier alpha value is -1.16. The van der Waals surface area contributed by atoms with E-state index >= 15 is 0 Å². The highest BCUT2D eigenvalue weighted by molar-refractivity contribution is 7.10. The molecule has 16 heavy (non-hydrogen) atoms. The topological polar surface area (TPSA) is 37.4 Å². The molecule has 2 heterocycles. The maximum atomic E-state index is 12.2. The zero-order valence-electron chi connectivity index (χ0n) is 9.58. The monoisotopic (exact) mass is 237 g/mol. The fraction of sp³-hybridized carbons (Fsp3) is 0.500. The highest BCUT2D eigenvalue weighted by Crippen LogP contribution is 2.22. The minimum atomic E-state index is 0.0781. The lowest BCUT2D eigenvalue weighted by Crippen LogP contribution is -2.38. The molecule has 2 rings (SSSR count). The number of hydrogen-bond acceptors (Lipinski definition) is 3. The average molecular weight is 237 g/mol. The predicted molar refractivity (Wildman–Crippen MR) is 63.9 cm³/mol. The van der Waals surface area contributed by atoms with E-state index in [4.69, 9.17) is 0 Å². The zero-order chi connectivity index (χ0) is 11.7. The van der Waals surface area contributed by atoms with E-state index < -0.39 is 0 Å². The average Bonchev–Trinajstić information content (AvgIpc) is 2.60. The van der Waals surface area contributed by atoms with Crippen molar-refractivity contribution in [1.29, 1.82) is 0 Å². The van der Waals surface area contributed by atoms with Crippen molar-refractivity contribution in [2.24, 2.45) is 0 Å². The maximum absolute atomic E-state index is 12.2. The van der Waals surface area contributed by atoms with E-state index in [0.717, 1.165) is 11.1 Å². The van der Waals surface area contributed by atoms with E-state index in [2.05, 4.69) is 0 Å². The van der Waals surface area contributed by atoms with Crippen molar-refractivity contribution >= 4 is 23.0 Å². The first-order chi connectivity index (χ1) is 7.59. The Bertz CT molecular complexity index is 426. The zero-order valence-corrected chi connectivity index (χ0v) is 10.4. The Morgan fingerprint density at radius 3 is 2.44 bits per heavy atom. The Kier molecular flexibility index (Phi) is 3.10. The summed E-state index contributed by atoms with van der Waals surface area (Å²) < 4.78 is 0. The van der Waals surface area contributed by atoms with Gasteiger partial charge in [-0.05, 0) is 19.4 Å². The number of amides is 1. The molecule has 4 heteroatoms. The van der Waals surface area contributed by atoms with Crippen LogP contribution in [-0.4, -0.2) is 29.7 Å². The molecule has 0 saturated carbocycles. The number of aryl methyl sites for hydroxylation is 1. The lowest BCUT2D eigenvalue weighted by Gasteiger charge is -2.26. The van der Waals surface area contributed by atoms with E-state index in [1.165, 1.54) is 4.88 Å². The smallest absolute Gasteiger partial charge is 0.255 e. The molecular formula is C12H15NO2S. The molecule has 0 spiro atoms. The standard InChI is InChI=1S/C12H15NO2S/c1-8-9(2)16-7-11(8)12(15)13-5-3-10(14)4-6-13/h7H,3-6H2,1-2H3. The summed E-state index contributed by atoms with van der Waals surface area (Å²) in [5.74, 6) is 0.344. The van der Waals surface area contributed by atoms with Crippen molar-refractivity contribution in [2.45, 2.75) is 26.7 Å². The van der Waals surface area contributed by atoms with Gasteiger partial charge in [-0.2, -0.15) is 0 Å². The number of carbonyl (C=O) groups is 2. The number of rotatable bonds is 1. The van der Waals surface area contributed by atoms with Crippen LogP contribution in [0, 0.1) is 13.8 Å². The predicted octanol–water partition coefficient (Wildman–Crippen LogP) is 2.17. The highest BCUT2D eigenvalue weighted by Gasteiger charge is 2.23. The van der Waals surface area contributed by atoms with Crippen LogP contribution in [0.5, 0.6) is 0 Å². The Labute approximate surface area is 99.1 Å². The van der Waals surface area contributed by atoms with E-state index in [9.17, 15) is 9.59 Å². The molecular weight excluding hydrogens is 222 g/mol. The first-order valence-corrected chi connectivity index (χ1v) is 6.33. The third-order valence-electron chi connectivity index (χ3n) is 3.12. The van der Waals surface area contributed by atoms with Crippen LogP contribution >= 0.6 is 11.3 Å². The van der Waals surface area contributed by atoms with Crippen molar-refractivity contribution in [3.8, 4) is 0 Å². The van der Waals surface area contributed by atoms with E-state index in [1.807, 2.05) is 19.2 Å². The molecule has 0 aromatic carbocycles. The van der Waals surface area contributed by atoms with Crippen LogP contribution in [0.4, 0.5) is 0 Å². The normalized spacial score (nSPS) is 16.6. The van der Waals surface area contributed by atoms with Gasteiger partial charge >= 0.3 is 0 Å². The second kappa shape index (κ2) is 4.37. The van der Waals surface area contributed by atoms with Crippen LogP contribution in [0.1, 0.15) is 33.6 Å². The van der Waals surface area contributed by atoms with Gasteiger partial charge in [-0.15, -0.1) is 11.3 Å². The van der Waals surface area contributed by atoms with Gasteiger partial charge in [0.2, 0.25) is 0 Å². The molecule has 0 atom stereocenters. The molecule has 0 aliphatic carbocycles.